The van der Waals surface area contributed by atoms with Crippen LogP contribution in [0.1, 0.15) is 86.0 Å². The first-order valence-corrected chi connectivity index (χ1v) is 13.2. The Morgan fingerprint density at radius 2 is 1.84 bits per heavy atom. The van der Waals surface area contributed by atoms with Crippen molar-refractivity contribution < 1.29 is 24.9 Å². The Kier molecular flexibility index (Phi) is 6.77. The highest BCUT2D eigenvalue weighted by molar-refractivity contribution is 5.66. The molecule has 0 saturated heterocycles. The summed E-state index contributed by atoms with van der Waals surface area (Å²) in [5, 5.41) is 33.1. The summed E-state index contributed by atoms with van der Waals surface area (Å²) in [6, 6.07) is 0. The third-order valence-electron chi connectivity index (χ3n) is 11.0. The summed E-state index contributed by atoms with van der Waals surface area (Å²) in [6.07, 6.45) is 6.51. The second kappa shape index (κ2) is 8.85. The molecule has 4 aliphatic rings. The Labute approximate surface area is 194 Å². The fourth-order valence-electron chi connectivity index (χ4n) is 9.78. The van der Waals surface area contributed by atoms with Gasteiger partial charge in [-0.3, -0.25) is 4.79 Å². The highest BCUT2D eigenvalue weighted by Gasteiger charge is 2.67. The largest absolute Gasteiger partial charge is 0.463 e. The number of aliphatic hydroxyl groups excluding tert-OH is 3. The Balaban J connectivity index is 1.67. The van der Waals surface area contributed by atoms with E-state index >= 15 is 0 Å². The molecule has 0 amide bonds. The van der Waals surface area contributed by atoms with Gasteiger partial charge in [0.25, 0.3) is 0 Å². The molecule has 0 bridgehead atoms. The number of hydrogen-bond acceptors (Lipinski definition) is 5. The molecule has 3 unspecified atom stereocenters. The lowest BCUT2D eigenvalue weighted by Gasteiger charge is -2.66. The van der Waals surface area contributed by atoms with Crippen LogP contribution in [0.3, 0.4) is 0 Å². The van der Waals surface area contributed by atoms with Crippen molar-refractivity contribution in [3.05, 3.63) is 0 Å². The number of carbonyl (C=O) groups is 1. The third-order valence-corrected chi connectivity index (χ3v) is 11.0. The van der Waals surface area contributed by atoms with E-state index < -0.39 is 12.2 Å². The van der Waals surface area contributed by atoms with E-state index in [9.17, 15) is 20.1 Å². The van der Waals surface area contributed by atoms with Crippen molar-refractivity contribution in [2.24, 2.45) is 52.3 Å². The predicted octanol–water partition coefficient (Wildman–Crippen LogP) is 4.17. The molecule has 5 nitrogen and oxygen atoms in total. The van der Waals surface area contributed by atoms with E-state index in [1.54, 1.807) is 0 Å². The number of carbonyl (C=O) groups excluding carboxylic acids is 1. The predicted molar refractivity (Wildman–Crippen MR) is 124 cm³/mol. The summed E-state index contributed by atoms with van der Waals surface area (Å²) in [5.41, 5.74) is -0.0106. The molecule has 0 aromatic heterocycles. The first-order valence-electron chi connectivity index (χ1n) is 13.2. The SMILES string of the molecule is CC[C@H]1[C@@H](O)C2C3CC[C@H]([C@H](C)CCO)[C@@]3(C)C[C@H](O)C2[C@@]2(C)CC[C@@H](OC(C)=O)C[C@@H]12. The third kappa shape index (κ3) is 3.65. The van der Waals surface area contributed by atoms with Crippen molar-refractivity contribution in [2.75, 3.05) is 6.61 Å². The molecule has 184 valence electrons. The maximum Gasteiger partial charge on any atom is 0.302 e. The van der Waals surface area contributed by atoms with Crippen LogP contribution < -0.4 is 0 Å². The Hall–Kier alpha value is -0.650. The summed E-state index contributed by atoms with van der Waals surface area (Å²) in [6.45, 7) is 10.9. The van der Waals surface area contributed by atoms with Gasteiger partial charge < -0.3 is 20.1 Å². The maximum atomic E-state index is 11.8. The molecule has 4 aliphatic carbocycles. The molecule has 4 rings (SSSR count). The van der Waals surface area contributed by atoms with Crippen LogP contribution in [-0.4, -0.2) is 46.2 Å². The molecule has 0 heterocycles. The highest BCUT2D eigenvalue weighted by Crippen LogP contribution is 2.69. The van der Waals surface area contributed by atoms with Crippen LogP contribution in [0.5, 0.6) is 0 Å². The normalized spacial score (nSPS) is 51.3. The summed E-state index contributed by atoms with van der Waals surface area (Å²) >= 11 is 0. The molecule has 0 aromatic carbocycles. The Morgan fingerprint density at radius 1 is 1.12 bits per heavy atom. The van der Waals surface area contributed by atoms with Gasteiger partial charge in [-0.2, -0.15) is 0 Å². The van der Waals surface area contributed by atoms with E-state index in [-0.39, 0.29) is 53.2 Å². The molecule has 0 aliphatic heterocycles. The number of fused-ring (bicyclic) bond motifs is 5. The van der Waals surface area contributed by atoms with E-state index in [0.717, 1.165) is 51.4 Å². The van der Waals surface area contributed by atoms with Crippen LogP contribution in [0.4, 0.5) is 0 Å². The number of esters is 1. The van der Waals surface area contributed by atoms with Crippen LogP contribution >= 0.6 is 0 Å². The van der Waals surface area contributed by atoms with Crippen LogP contribution in [0.15, 0.2) is 0 Å². The zero-order valence-electron chi connectivity index (χ0n) is 20.8. The molecule has 0 radical (unpaired) electrons. The number of aliphatic hydroxyl groups is 3. The van der Waals surface area contributed by atoms with Crippen molar-refractivity contribution in [3.8, 4) is 0 Å². The van der Waals surface area contributed by atoms with Gasteiger partial charge in [0.1, 0.15) is 6.10 Å². The van der Waals surface area contributed by atoms with Crippen molar-refractivity contribution in [2.45, 2.75) is 104 Å². The average molecular weight is 451 g/mol. The summed E-state index contributed by atoms with van der Waals surface area (Å²) < 4.78 is 5.62. The fourth-order valence-corrected chi connectivity index (χ4v) is 9.78. The van der Waals surface area contributed by atoms with Gasteiger partial charge in [-0.1, -0.05) is 34.1 Å². The lowest BCUT2D eigenvalue weighted by molar-refractivity contribution is -0.237. The Bertz CT molecular complexity index is 696. The highest BCUT2D eigenvalue weighted by atomic mass is 16.5. The smallest absolute Gasteiger partial charge is 0.302 e. The molecule has 32 heavy (non-hydrogen) atoms. The molecule has 3 N–H and O–H groups in total. The molecular weight excluding hydrogens is 404 g/mol. The minimum absolute atomic E-state index is 0.0204. The van der Waals surface area contributed by atoms with Crippen LogP contribution in [0.25, 0.3) is 0 Å². The summed E-state index contributed by atoms with van der Waals surface area (Å²) in [5.74, 6) is 1.82. The van der Waals surface area contributed by atoms with Gasteiger partial charge in [0.2, 0.25) is 0 Å². The van der Waals surface area contributed by atoms with Crippen molar-refractivity contribution in [1.82, 2.24) is 0 Å². The minimum Gasteiger partial charge on any atom is -0.463 e. The number of ether oxygens (including phenoxy) is 1. The fraction of sp³-hybridized carbons (Fsp3) is 0.963. The zero-order chi connectivity index (χ0) is 23.4. The molecule has 4 saturated carbocycles. The van der Waals surface area contributed by atoms with Crippen LogP contribution in [0.2, 0.25) is 0 Å². The quantitative estimate of drug-likeness (QED) is 0.547. The van der Waals surface area contributed by atoms with Gasteiger partial charge in [-0.05, 0) is 97.2 Å². The van der Waals surface area contributed by atoms with Gasteiger partial charge in [0.05, 0.1) is 12.2 Å². The van der Waals surface area contributed by atoms with E-state index in [4.69, 9.17) is 4.74 Å². The summed E-state index contributed by atoms with van der Waals surface area (Å²) in [4.78, 5) is 11.6. The van der Waals surface area contributed by atoms with Gasteiger partial charge in [-0.25, -0.2) is 0 Å². The van der Waals surface area contributed by atoms with Gasteiger partial charge >= 0.3 is 5.97 Å². The standard InChI is InChI=1S/C27H46O5/c1-6-18-21-13-17(32-16(3)29)9-11-26(21,4)24-22(30)14-27(5)19(15(2)10-12-28)7-8-20(27)23(24)25(18)31/h15,17-25,28,30-31H,6-14H2,1-5H3/t15-,17-,18-,19-,20?,21+,22+,23?,24?,25-,26+,27-/m1/s1. The van der Waals surface area contributed by atoms with Gasteiger partial charge in [0.15, 0.2) is 0 Å². The first-order chi connectivity index (χ1) is 15.1. The first kappa shape index (κ1) is 24.5. The molecule has 0 aromatic rings. The van der Waals surface area contributed by atoms with Crippen molar-refractivity contribution >= 4 is 5.97 Å². The second-order valence-corrected chi connectivity index (χ2v) is 12.3. The average Bonchev–Trinajstić information content (AvgIpc) is 3.05. The van der Waals surface area contributed by atoms with E-state index in [1.807, 2.05) is 0 Å². The molecular formula is C27H46O5. The zero-order valence-corrected chi connectivity index (χ0v) is 20.8. The monoisotopic (exact) mass is 450 g/mol. The second-order valence-electron chi connectivity index (χ2n) is 12.3. The lowest BCUT2D eigenvalue weighted by Crippen LogP contribution is -2.66. The van der Waals surface area contributed by atoms with E-state index in [2.05, 4.69) is 27.7 Å². The minimum atomic E-state index is -0.412. The summed E-state index contributed by atoms with van der Waals surface area (Å²) in [7, 11) is 0. The molecule has 5 heteroatoms. The lowest BCUT2D eigenvalue weighted by atomic mass is 9.40. The topological polar surface area (TPSA) is 87.0 Å². The maximum absolute atomic E-state index is 11.8. The molecule has 12 atom stereocenters. The van der Waals surface area contributed by atoms with E-state index in [1.165, 1.54) is 6.92 Å². The van der Waals surface area contributed by atoms with Gasteiger partial charge in [0, 0.05) is 13.5 Å². The molecule has 4 fully saturated rings. The number of hydrogen-bond donors (Lipinski definition) is 3. The van der Waals surface area contributed by atoms with Crippen molar-refractivity contribution in [3.63, 3.8) is 0 Å². The van der Waals surface area contributed by atoms with E-state index in [0.29, 0.717) is 17.8 Å². The number of rotatable bonds is 5. The van der Waals surface area contributed by atoms with Gasteiger partial charge in [-0.15, -0.1) is 0 Å². The molecule has 0 spiro atoms. The van der Waals surface area contributed by atoms with Crippen LogP contribution in [0, 0.1) is 52.3 Å². The Morgan fingerprint density at radius 3 is 2.47 bits per heavy atom. The van der Waals surface area contributed by atoms with Crippen molar-refractivity contribution in [1.29, 1.82) is 0 Å². The van der Waals surface area contributed by atoms with Crippen LogP contribution in [-0.2, 0) is 9.53 Å².